The number of fused-ring (bicyclic) bond motifs is 4. The van der Waals surface area contributed by atoms with Crippen LogP contribution in [0, 0.1) is 5.92 Å². The Balaban J connectivity index is 1.03. The third-order valence-corrected chi connectivity index (χ3v) is 11.7. The summed E-state index contributed by atoms with van der Waals surface area (Å²) in [7, 11) is 0. The van der Waals surface area contributed by atoms with Gasteiger partial charge >= 0.3 is 0 Å². The van der Waals surface area contributed by atoms with Crippen LogP contribution in [0.25, 0.3) is 44.2 Å². The van der Waals surface area contributed by atoms with Crippen LogP contribution in [0.4, 0.5) is 17.1 Å². The second-order valence-electron chi connectivity index (χ2n) is 14.9. The minimum absolute atomic E-state index is 0.297. The van der Waals surface area contributed by atoms with Gasteiger partial charge in [0.1, 0.15) is 0 Å². The lowest BCUT2D eigenvalue weighted by atomic mass is 9.79. The summed E-state index contributed by atoms with van der Waals surface area (Å²) in [6, 6.07) is 71.1. The molecule has 0 spiro atoms. The fourth-order valence-electron chi connectivity index (χ4n) is 9.04. The molecule has 3 unspecified atom stereocenters. The SMILES string of the molecule is CC1C=CC=C2C(c3ccccc3)c3ccc(-c4ccccc4-c4ccc(N(c5ccc(-c6ccccc6)cc5)c5ccc6ccccc6c5)cc4)cc3C21. The van der Waals surface area contributed by atoms with E-state index in [1.807, 2.05) is 0 Å². The molecule has 8 aromatic rings. The Morgan fingerprint density at radius 2 is 0.982 bits per heavy atom. The summed E-state index contributed by atoms with van der Waals surface area (Å²) in [5, 5.41) is 2.46. The quantitative estimate of drug-likeness (QED) is 0.160. The van der Waals surface area contributed by atoms with Gasteiger partial charge in [0.05, 0.1) is 0 Å². The average molecular weight is 704 g/mol. The highest BCUT2D eigenvalue weighted by Gasteiger charge is 2.39. The Kier molecular flexibility index (Phi) is 8.34. The molecule has 3 atom stereocenters. The largest absolute Gasteiger partial charge is 0.310 e. The average Bonchev–Trinajstić information content (AvgIpc) is 3.59. The Hall–Kier alpha value is -6.70. The maximum Gasteiger partial charge on any atom is 0.0468 e. The monoisotopic (exact) mass is 703 g/mol. The zero-order valence-corrected chi connectivity index (χ0v) is 30.9. The number of nitrogens with zero attached hydrogens (tertiary/aromatic N) is 1. The van der Waals surface area contributed by atoms with Gasteiger partial charge < -0.3 is 4.90 Å². The van der Waals surface area contributed by atoms with E-state index in [-0.39, 0.29) is 0 Å². The zero-order chi connectivity index (χ0) is 36.7. The van der Waals surface area contributed by atoms with Gasteiger partial charge in [-0.15, -0.1) is 0 Å². The van der Waals surface area contributed by atoms with Crippen LogP contribution in [-0.2, 0) is 0 Å². The van der Waals surface area contributed by atoms with Gasteiger partial charge in [-0.1, -0.05) is 188 Å². The molecule has 0 saturated heterocycles. The normalized spacial score (nSPS) is 17.0. The Morgan fingerprint density at radius 3 is 1.71 bits per heavy atom. The van der Waals surface area contributed by atoms with Crippen LogP contribution in [0.2, 0.25) is 0 Å². The highest BCUT2D eigenvalue weighted by Crippen LogP contribution is 2.55. The summed E-state index contributed by atoms with van der Waals surface area (Å²) in [6.45, 7) is 2.37. The van der Waals surface area contributed by atoms with Gasteiger partial charge in [0.15, 0.2) is 0 Å². The first kappa shape index (κ1) is 32.9. The third kappa shape index (κ3) is 5.99. The van der Waals surface area contributed by atoms with Crippen molar-refractivity contribution in [3.63, 3.8) is 0 Å². The topological polar surface area (TPSA) is 3.24 Å². The lowest BCUT2D eigenvalue weighted by Gasteiger charge is -2.26. The van der Waals surface area contributed by atoms with Crippen molar-refractivity contribution < 1.29 is 0 Å². The van der Waals surface area contributed by atoms with E-state index in [9.17, 15) is 0 Å². The third-order valence-electron chi connectivity index (χ3n) is 11.7. The van der Waals surface area contributed by atoms with Gasteiger partial charge in [0, 0.05) is 28.9 Å². The molecule has 262 valence electrons. The molecule has 1 nitrogen and oxygen atoms in total. The number of hydrogen-bond donors (Lipinski definition) is 0. The van der Waals surface area contributed by atoms with E-state index in [0.29, 0.717) is 17.8 Å². The van der Waals surface area contributed by atoms with Gasteiger partial charge in [0.25, 0.3) is 0 Å². The van der Waals surface area contributed by atoms with E-state index in [1.54, 1.807) is 0 Å². The maximum atomic E-state index is 2.49. The molecule has 0 heterocycles. The molecule has 0 fully saturated rings. The molecule has 0 N–H and O–H groups in total. The second kappa shape index (κ2) is 13.9. The highest BCUT2D eigenvalue weighted by molar-refractivity contribution is 5.90. The first-order valence-corrected chi connectivity index (χ1v) is 19.4. The first-order valence-electron chi connectivity index (χ1n) is 19.4. The molecular formula is C54H41N. The predicted molar refractivity (Wildman–Crippen MR) is 232 cm³/mol. The van der Waals surface area contributed by atoms with E-state index < -0.39 is 0 Å². The van der Waals surface area contributed by atoms with Crippen molar-refractivity contribution in [3.05, 3.63) is 235 Å². The van der Waals surface area contributed by atoms with Gasteiger partial charge in [0.2, 0.25) is 0 Å². The van der Waals surface area contributed by atoms with E-state index >= 15 is 0 Å². The lowest BCUT2D eigenvalue weighted by Crippen LogP contribution is -2.11. The van der Waals surface area contributed by atoms with Crippen molar-refractivity contribution in [2.24, 2.45) is 5.92 Å². The van der Waals surface area contributed by atoms with Gasteiger partial charge in [-0.2, -0.15) is 0 Å². The summed E-state index contributed by atoms with van der Waals surface area (Å²) < 4.78 is 0. The number of anilines is 3. The molecule has 2 aliphatic carbocycles. The Bertz CT molecular complexity index is 2700. The van der Waals surface area contributed by atoms with Crippen molar-refractivity contribution in [3.8, 4) is 33.4 Å². The minimum Gasteiger partial charge on any atom is -0.310 e. The lowest BCUT2D eigenvalue weighted by molar-refractivity contribution is 0.611. The van der Waals surface area contributed by atoms with Crippen LogP contribution in [0.15, 0.2) is 218 Å². The van der Waals surface area contributed by atoms with Crippen LogP contribution >= 0.6 is 0 Å². The zero-order valence-electron chi connectivity index (χ0n) is 30.9. The summed E-state index contributed by atoms with van der Waals surface area (Å²) in [5.41, 5.74) is 16.6. The fourth-order valence-corrected chi connectivity index (χ4v) is 9.04. The smallest absolute Gasteiger partial charge is 0.0468 e. The molecule has 0 bridgehead atoms. The molecule has 0 saturated carbocycles. The van der Waals surface area contributed by atoms with Gasteiger partial charge in [-0.25, -0.2) is 0 Å². The molecule has 8 aromatic carbocycles. The van der Waals surface area contributed by atoms with E-state index in [1.165, 1.54) is 66.4 Å². The van der Waals surface area contributed by atoms with Crippen molar-refractivity contribution in [2.75, 3.05) is 4.90 Å². The molecule has 0 amide bonds. The van der Waals surface area contributed by atoms with Crippen LogP contribution in [0.5, 0.6) is 0 Å². The molecule has 0 radical (unpaired) electrons. The van der Waals surface area contributed by atoms with E-state index in [4.69, 9.17) is 0 Å². The van der Waals surface area contributed by atoms with Crippen LogP contribution in [0.3, 0.4) is 0 Å². The van der Waals surface area contributed by atoms with E-state index in [0.717, 1.165) is 17.1 Å². The van der Waals surface area contributed by atoms with Gasteiger partial charge in [-0.05, 0) is 103 Å². The summed E-state index contributed by atoms with van der Waals surface area (Å²) in [6.07, 6.45) is 7.00. The molecule has 2 aliphatic rings. The summed E-state index contributed by atoms with van der Waals surface area (Å²) in [4.78, 5) is 2.37. The Morgan fingerprint density at radius 1 is 0.418 bits per heavy atom. The molecule has 1 heteroatoms. The summed E-state index contributed by atoms with van der Waals surface area (Å²) >= 11 is 0. The highest BCUT2D eigenvalue weighted by atomic mass is 15.1. The summed E-state index contributed by atoms with van der Waals surface area (Å²) in [5.74, 6) is 1.13. The molecule has 10 rings (SSSR count). The van der Waals surface area contributed by atoms with E-state index in [2.05, 4.69) is 224 Å². The van der Waals surface area contributed by atoms with Crippen molar-refractivity contribution >= 4 is 27.8 Å². The second-order valence-corrected chi connectivity index (χ2v) is 14.9. The number of benzene rings is 8. The first-order chi connectivity index (χ1) is 27.2. The molecular weight excluding hydrogens is 663 g/mol. The van der Waals surface area contributed by atoms with Crippen LogP contribution in [0.1, 0.15) is 35.4 Å². The standard InChI is InChI=1S/C54H41N/c1-37-13-12-22-51-53(37)52-36-44(28-34-50(52)54(51)42-17-6-3-7-18-42)49-21-11-10-20-48(49)41-26-31-46(32-27-41)55(47-33-25-39-16-8-9-19-43(39)35-47)45-29-23-40(24-30-45)38-14-4-2-5-15-38/h2-37,53-54H,1H3. The van der Waals surface area contributed by atoms with Crippen molar-refractivity contribution in [1.29, 1.82) is 0 Å². The molecule has 0 aliphatic heterocycles. The maximum absolute atomic E-state index is 2.49. The van der Waals surface area contributed by atoms with Crippen LogP contribution < -0.4 is 4.90 Å². The molecule has 55 heavy (non-hydrogen) atoms. The van der Waals surface area contributed by atoms with Gasteiger partial charge in [-0.3, -0.25) is 0 Å². The fraction of sp³-hybridized carbons (Fsp3) is 0.0741. The Labute approximate surface area is 324 Å². The minimum atomic E-state index is 0.297. The number of hydrogen-bond acceptors (Lipinski definition) is 1. The number of rotatable bonds is 7. The number of allylic oxidation sites excluding steroid dienone is 4. The van der Waals surface area contributed by atoms with Crippen LogP contribution in [-0.4, -0.2) is 0 Å². The van der Waals surface area contributed by atoms with Crippen molar-refractivity contribution in [1.82, 2.24) is 0 Å². The predicted octanol–water partition coefficient (Wildman–Crippen LogP) is 14.7. The molecule has 0 aromatic heterocycles. The van der Waals surface area contributed by atoms with Crippen molar-refractivity contribution in [2.45, 2.75) is 18.8 Å².